The van der Waals surface area contributed by atoms with Gasteiger partial charge in [0.25, 0.3) is 6.43 Å². The number of alkyl halides is 2. The molecule has 0 rings (SSSR count). The molecule has 0 saturated heterocycles. The summed E-state index contributed by atoms with van der Waals surface area (Å²) in [6, 6.07) is -0.659. The lowest BCUT2D eigenvalue weighted by Crippen LogP contribution is -2.43. The Morgan fingerprint density at radius 3 is 2.42 bits per heavy atom. The summed E-state index contributed by atoms with van der Waals surface area (Å²) >= 11 is 0. The lowest BCUT2D eigenvalue weighted by Gasteiger charge is -2.19. The fourth-order valence-corrected chi connectivity index (χ4v) is 0.755. The van der Waals surface area contributed by atoms with Gasteiger partial charge in [0.1, 0.15) is 0 Å². The Kier molecular flexibility index (Phi) is 4.73. The Balaban J connectivity index is 3.92. The number of hydrogen-bond acceptors (Lipinski definition) is 2. The molecule has 2 N–H and O–H groups in total. The third-order valence-corrected chi connectivity index (χ3v) is 1.55. The largest absolute Gasteiger partial charge is 0.339 e. The molecule has 0 spiro atoms. The topological polar surface area (TPSA) is 46.3 Å². The summed E-state index contributed by atoms with van der Waals surface area (Å²) in [5.41, 5.74) is 5.36. The molecular weight excluding hydrogens is 166 g/mol. The fourth-order valence-electron chi connectivity index (χ4n) is 0.755. The predicted octanol–water partition coefficient (Wildman–Crippen LogP) is 0.447. The molecule has 5 heteroatoms. The van der Waals surface area contributed by atoms with E-state index < -0.39 is 24.9 Å². The van der Waals surface area contributed by atoms with Gasteiger partial charge < -0.3 is 10.6 Å². The molecular formula is C7H14F2N2O. The number of likely N-dealkylation sites (N-methyl/N-ethyl adjacent to an activating group) is 1. The van der Waals surface area contributed by atoms with Crippen molar-refractivity contribution in [3.8, 4) is 0 Å². The Bertz CT molecular complexity index is 152. The number of hydrogen-bond donors (Lipinski definition) is 1. The number of carbonyl (C=O) groups is 1. The van der Waals surface area contributed by atoms with Crippen LogP contribution in [0.2, 0.25) is 0 Å². The summed E-state index contributed by atoms with van der Waals surface area (Å²) in [5.74, 6) is -0.433. The molecule has 0 heterocycles. The van der Waals surface area contributed by atoms with Crippen molar-refractivity contribution in [2.45, 2.75) is 25.8 Å². The Labute approximate surface area is 70.5 Å². The highest BCUT2D eigenvalue weighted by Gasteiger charge is 2.18. The van der Waals surface area contributed by atoms with Crippen LogP contribution in [0.4, 0.5) is 8.78 Å². The van der Waals surface area contributed by atoms with Crippen LogP contribution in [0.3, 0.4) is 0 Å². The van der Waals surface area contributed by atoms with Gasteiger partial charge in [-0.25, -0.2) is 8.78 Å². The van der Waals surface area contributed by atoms with E-state index in [4.69, 9.17) is 5.73 Å². The van der Waals surface area contributed by atoms with Crippen LogP contribution in [0.5, 0.6) is 0 Å². The zero-order valence-corrected chi connectivity index (χ0v) is 7.26. The summed E-state index contributed by atoms with van der Waals surface area (Å²) in [6.45, 7) is 1.19. The van der Waals surface area contributed by atoms with Gasteiger partial charge in [0, 0.05) is 7.05 Å². The van der Waals surface area contributed by atoms with Crippen LogP contribution in [0, 0.1) is 0 Å². The minimum absolute atomic E-state index is 0.433. The van der Waals surface area contributed by atoms with Gasteiger partial charge in [-0.05, 0) is 6.42 Å². The van der Waals surface area contributed by atoms with E-state index in [0.717, 1.165) is 4.90 Å². The molecule has 0 unspecified atom stereocenters. The van der Waals surface area contributed by atoms with Crippen LogP contribution in [-0.2, 0) is 4.79 Å². The first-order chi connectivity index (χ1) is 5.49. The fraction of sp³-hybridized carbons (Fsp3) is 0.857. The zero-order chi connectivity index (χ0) is 9.72. The van der Waals surface area contributed by atoms with Gasteiger partial charge in [0.05, 0.1) is 12.6 Å². The highest BCUT2D eigenvalue weighted by molar-refractivity contribution is 5.81. The first-order valence-electron chi connectivity index (χ1n) is 3.77. The van der Waals surface area contributed by atoms with Crippen LogP contribution in [-0.4, -0.2) is 36.9 Å². The van der Waals surface area contributed by atoms with Crippen LogP contribution >= 0.6 is 0 Å². The summed E-state index contributed by atoms with van der Waals surface area (Å²) < 4.78 is 23.6. The summed E-state index contributed by atoms with van der Waals surface area (Å²) in [6.07, 6.45) is -2.03. The van der Waals surface area contributed by atoms with Crippen molar-refractivity contribution in [1.29, 1.82) is 0 Å². The summed E-state index contributed by atoms with van der Waals surface area (Å²) in [7, 11) is 1.32. The molecule has 0 saturated carbocycles. The van der Waals surface area contributed by atoms with Gasteiger partial charge in [-0.15, -0.1) is 0 Å². The average molecular weight is 180 g/mol. The molecule has 72 valence electrons. The summed E-state index contributed by atoms with van der Waals surface area (Å²) in [5, 5.41) is 0. The Hall–Kier alpha value is -0.710. The zero-order valence-electron chi connectivity index (χ0n) is 7.26. The highest BCUT2D eigenvalue weighted by Crippen LogP contribution is 1.99. The number of halogens is 2. The number of nitrogens with zero attached hydrogens (tertiary/aromatic N) is 1. The van der Waals surface area contributed by atoms with E-state index >= 15 is 0 Å². The van der Waals surface area contributed by atoms with Crippen molar-refractivity contribution >= 4 is 5.91 Å². The molecule has 3 nitrogen and oxygen atoms in total. The monoisotopic (exact) mass is 180 g/mol. The number of rotatable bonds is 4. The van der Waals surface area contributed by atoms with E-state index in [1.807, 2.05) is 0 Å². The molecule has 0 aliphatic heterocycles. The van der Waals surface area contributed by atoms with Crippen molar-refractivity contribution in [2.75, 3.05) is 13.6 Å². The molecule has 0 aromatic rings. The molecule has 0 aliphatic carbocycles. The Morgan fingerprint density at radius 1 is 1.58 bits per heavy atom. The van der Waals surface area contributed by atoms with E-state index in [1.165, 1.54) is 7.05 Å². The minimum Gasteiger partial charge on any atom is -0.339 e. The first-order valence-corrected chi connectivity index (χ1v) is 3.77. The smallest absolute Gasteiger partial charge is 0.255 e. The van der Waals surface area contributed by atoms with Gasteiger partial charge in [0.15, 0.2) is 0 Å². The molecule has 0 aromatic heterocycles. The molecule has 0 radical (unpaired) electrons. The lowest BCUT2D eigenvalue weighted by molar-refractivity contribution is -0.133. The maximum atomic E-state index is 11.8. The van der Waals surface area contributed by atoms with E-state index in [0.29, 0.717) is 6.42 Å². The second-order valence-corrected chi connectivity index (χ2v) is 2.62. The maximum absolute atomic E-state index is 11.8. The first kappa shape index (κ1) is 11.3. The Morgan fingerprint density at radius 2 is 2.08 bits per heavy atom. The SMILES string of the molecule is CC[C@H](N)C(=O)N(C)CC(F)F. The normalized spacial score (nSPS) is 13.2. The third-order valence-electron chi connectivity index (χ3n) is 1.55. The van der Waals surface area contributed by atoms with Crippen molar-refractivity contribution < 1.29 is 13.6 Å². The number of carbonyl (C=O) groups excluding carboxylic acids is 1. The molecule has 0 aliphatic rings. The minimum atomic E-state index is -2.50. The van der Waals surface area contributed by atoms with Crippen molar-refractivity contribution in [3.63, 3.8) is 0 Å². The van der Waals surface area contributed by atoms with Gasteiger partial charge in [-0.3, -0.25) is 4.79 Å². The average Bonchev–Trinajstić information content (AvgIpc) is 2.00. The van der Waals surface area contributed by atoms with Gasteiger partial charge in [-0.1, -0.05) is 6.92 Å². The second-order valence-electron chi connectivity index (χ2n) is 2.62. The van der Waals surface area contributed by atoms with E-state index in [9.17, 15) is 13.6 Å². The van der Waals surface area contributed by atoms with Crippen molar-refractivity contribution in [1.82, 2.24) is 4.90 Å². The van der Waals surface area contributed by atoms with Crippen LogP contribution in [0.1, 0.15) is 13.3 Å². The summed E-state index contributed by atoms with van der Waals surface area (Å²) in [4.78, 5) is 12.0. The van der Waals surface area contributed by atoms with Crippen molar-refractivity contribution in [3.05, 3.63) is 0 Å². The van der Waals surface area contributed by atoms with Crippen molar-refractivity contribution in [2.24, 2.45) is 5.73 Å². The second kappa shape index (κ2) is 5.03. The van der Waals surface area contributed by atoms with Crippen LogP contribution < -0.4 is 5.73 Å². The molecule has 0 aromatic carbocycles. The highest BCUT2D eigenvalue weighted by atomic mass is 19.3. The standard InChI is InChI=1S/C7H14F2N2O/c1-3-5(10)7(12)11(2)4-6(8)9/h5-6H,3-4,10H2,1-2H3/t5-/m0/s1. The molecule has 0 fully saturated rings. The molecule has 1 atom stereocenters. The van der Waals surface area contributed by atoms with Gasteiger partial charge in [-0.2, -0.15) is 0 Å². The van der Waals surface area contributed by atoms with Gasteiger partial charge in [0.2, 0.25) is 5.91 Å². The molecule has 0 bridgehead atoms. The predicted molar refractivity (Wildman–Crippen MR) is 41.9 cm³/mol. The quantitative estimate of drug-likeness (QED) is 0.682. The number of nitrogens with two attached hydrogens (primary N) is 1. The molecule has 12 heavy (non-hydrogen) atoms. The van der Waals surface area contributed by atoms with E-state index in [2.05, 4.69) is 0 Å². The lowest BCUT2D eigenvalue weighted by atomic mass is 10.2. The van der Waals surface area contributed by atoms with Gasteiger partial charge >= 0.3 is 0 Å². The van der Waals surface area contributed by atoms with E-state index in [-0.39, 0.29) is 0 Å². The molecule has 1 amide bonds. The maximum Gasteiger partial charge on any atom is 0.255 e. The van der Waals surface area contributed by atoms with Crippen LogP contribution in [0.15, 0.2) is 0 Å². The van der Waals surface area contributed by atoms with Crippen LogP contribution in [0.25, 0.3) is 0 Å². The number of amides is 1. The third kappa shape index (κ3) is 3.61. The van der Waals surface area contributed by atoms with E-state index in [1.54, 1.807) is 6.92 Å².